The molecule has 0 aromatic heterocycles. The molecule has 0 aliphatic carbocycles. The summed E-state index contributed by atoms with van der Waals surface area (Å²) in [6.07, 6.45) is 1.31. The van der Waals surface area contributed by atoms with Gasteiger partial charge in [0.15, 0.2) is 0 Å². The topological polar surface area (TPSA) is 113 Å². The van der Waals surface area contributed by atoms with Crippen molar-refractivity contribution in [3.8, 4) is 5.75 Å². The lowest BCUT2D eigenvalue weighted by molar-refractivity contribution is -0.142. The number of carbonyl (C=O) groups is 2. The van der Waals surface area contributed by atoms with Crippen molar-refractivity contribution in [2.24, 2.45) is 5.73 Å². The quantitative estimate of drug-likeness (QED) is 0.585. The molecule has 2 atom stereocenters. The third-order valence-electron chi connectivity index (χ3n) is 2.92. The molecule has 0 saturated carbocycles. The summed E-state index contributed by atoms with van der Waals surface area (Å²) in [7, 11) is 0. The summed E-state index contributed by atoms with van der Waals surface area (Å²) >= 11 is 0. The van der Waals surface area contributed by atoms with Crippen LogP contribution < -0.4 is 11.1 Å². The first-order valence-electron chi connectivity index (χ1n) is 6.50. The van der Waals surface area contributed by atoms with Crippen LogP contribution in [0.2, 0.25) is 0 Å². The van der Waals surface area contributed by atoms with Crippen LogP contribution in [-0.4, -0.2) is 34.2 Å². The van der Waals surface area contributed by atoms with E-state index in [2.05, 4.69) is 5.32 Å². The van der Waals surface area contributed by atoms with Crippen LogP contribution in [0, 0.1) is 0 Å². The number of amides is 1. The summed E-state index contributed by atoms with van der Waals surface area (Å²) in [5.74, 6) is -1.41. The van der Waals surface area contributed by atoms with E-state index in [-0.39, 0.29) is 12.2 Å². The molecule has 20 heavy (non-hydrogen) atoms. The third kappa shape index (κ3) is 4.89. The van der Waals surface area contributed by atoms with E-state index < -0.39 is 24.0 Å². The van der Waals surface area contributed by atoms with Crippen molar-refractivity contribution in [2.75, 3.05) is 0 Å². The van der Waals surface area contributed by atoms with Gasteiger partial charge in [0.05, 0.1) is 6.04 Å². The van der Waals surface area contributed by atoms with E-state index in [4.69, 9.17) is 15.9 Å². The Morgan fingerprint density at radius 3 is 2.40 bits per heavy atom. The predicted octanol–water partition coefficient (Wildman–Crippen LogP) is 0.631. The van der Waals surface area contributed by atoms with Crippen LogP contribution in [0.3, 0.4) is 0 Å². The van der Waals surface area contributed by atoms with Gasteiger partial charge in [-0.05, 0) is 30.5 Å². The monoisotopic (exact) mass is 280 g/mol. The van der Waals surface area contributed by atoms with E-state index in [0.29, 0.717) is 12.8 Å². The highest BCUT2D eigenvalue weighted by atomic mass is 16.4. The second-order valence-corrected chi connectivity index (χ2v) is 4.67. The Kier molecular flexibility index (Phi) is 5.99. The maximum absolute atomic E-state index is 11.9. The SMILES string of the molecule is CCCC(NC(=O)[C@@H](N)Cc1ccc(O)cc1)C(=O)O. The molecule has 6 nitrogen and oxygen atoms in total. The smallest absolute Gasteiger partial charge is 0.326 e. The number of nitrogens with one attached hydrogen (secondary N) is 1. The van der Waals surface area contributed by atoms with Crippen molar-refractivity contribution >= 4 is 11.9 Å². The molecule has 0 bridgehead atoms. The number of rotatable bonds is 7. The number of carbonyl (C=O) groups excluding carboxylic acids is 1. The summed E-state index contributed by atoms with van der Waals surface area (Å²) in [5.41, 5.74) is 6.56. The molecule has 0 heterocycles. The zero-order valence-corrected chi connectivity index (χ0v) is 11.4. The first-order chi connectivity index (χ1) is 9.43. The van der Waals surface area contributed by atoms with E-state index in [1.807, 2.05) is 6.92 Å². The number of nitrogens with two attached hydrogens (primary N) is 1. The van der Waals surface area contributed by atoms with Crippen molar-refractivity contribution in [3.05, 3.63) is 29.8 Å². The third-order valence-corrected chi connectivity index (χ3v) is 2.92. The Morgan fingerprint density at radius 1 is 1.30 bits per heavy atom. The molecule has 1 amide bonds. The summed E-state index contributed by atoms with van der Waals surface area (Å²) in [6.45, 7) is 1.85. The Balaban J connectivity index is 2.57. The highest BCUT2D eigenvalue weighted by molar-refractivity contribution is 5.86. The molecule has 0 radical (unpaired) electrons. The van der Waals surface area contributed by atoms with E-state index >= 15 is 0 Å². The first kappa shape index (κ1) is 16.0. The Morgan fingerprint density at radius 2 is 1.90 bits per heavy atom. The van der Waals surface area contributed by atoms with Gasteiger partial charge < -0.3 is 21.3 Å². The van der Waals surface area contributed by atoms with E-state index in [9.17, 15) is 9.59 Å². The van der Waals surface area contributed by atoms with Gasteiger partial charge in [0.2, 0.25) is 5.91 Å². The number of phenolic OH excluding ortho intramolecular Hbond substituents is 1. The fraction of sp³-hybridized carbons (Fsp3) is 0.429. The van der Waals surface area contributed by atoms with Crippen LogP contribution >= 0.6 is 0 Å². The average molecular weight is 280 g/mol. The van der Waals surface area contributed by atoms with Gasteiger partial charge in [-0.25, -0.2) is 4.79 Å². The number of aliphatic carboxylic acids is 1. The van der Waals surface area contributed by atoms with Gasteiger partial charge in [-0.15, -0.1) is 0 Å². The van der Waals surface area contributed by atoms with Gasteiger partial charge in [0.25, 0.3) is 0 Å². The lowest BCUT2D eigenvalue weighted by Gasteiger charge is -2.17. The second kappa shape index (κ2) is 7.49. The van der Waals surface area contributed by atoms with Gasteiger partial charge in [-0.3, -0.25) is 4.79 Å². The van der Waals surface area contributed by atoms with Crippen molar-refractivity contribution in [2.45, 2.75) is 38.3 Å². The van der Waals surface area contributed by atoms with Crippen molar-refractivity contribution in [3.63, 3.8) is 0 Å². The minimum atomic E-state index is -1.06. The van der Waals surface area contributed by atoms with E-state index in [0.717, 1.165) is 5.56 Å². The van der Waals surface area contributed by atoms with Crippen LogP contribution in [0.5, 0.6) is 5.75 Å². The van der Waals surface area contributed by atoms with Gasteiger partial charge in [0, 0.05) is 0 Å². The molecule has 110 valence electrons. The van der Waals surface area contributed by atoms with Gasteiger partial charge in [-0.1, -0.05) is 25.5 Å². The van der Waals surface area contributed by atoms with Crippen molar-refractivity contribution in [1.29, 1.82) is 0 Å². The van der Waals surface area contributed by atoms with Gasteiger partial charge >= 0.3 is 5.97 Å². The Bertz CT molecular complexity index is 459. The minimum Gasteiger partial charge on any atom is -0.508 e. The number of hydrogen-bond acceptors (Lipinski definition) is 4. The maximum Gasteiger partial charge on any atom is 0.326 e. The summed E-state index contributed by atoms with van der Waals surface area (Å²) in [5, 5.41) is 20.6. The van der Waals surface area contributed by atoms with Crippen LogP contribution in [0.15, 0.2) is 24.3 Å². The minimum absolute atomic E-state index is 0.139. The Labute approximate surface area is 117 Å². The fourth-order valence-electron chi connectivity index (χ4n) is 1.80. The van der Waals surface area contributed by atoms with Gasteiger partial charge in [0.1, 0.15) is 11.8 Å². The summed E-state index contributed by atoms with van der Waals surface area (Å²) in [4.78, 5) is 22.8. The molecule has 0 aliphatic rings. The summed E-state index contributed by atoms with van der Waals surface area (Å²) in [6, 6.07) is 4.64. The normalized spacial score (nSPS) is 13.5. The highest BCUT2D eigenvalue weighted by Gasteiger charge is 2.22. The molecular weight excluding hydrogens is 260 g/mol. The first-order valence-corrected chi connectivity index (χ1v) is 6.50. The van der Waals surface area contributed by atoms with Crippen LogP contribution in [0.4, 0.5) is 0 Å². The summed E-state index contributed by atoms with van der Waals surface area (Å²) < 4.78 is 0. The average Bonchev–Trinajstić information content (AvgIpc) is 2.40. The molecule has 0 spiro atoms. The molecule has 1 aromatic rings. The molecule has 0 aliphatic heterocycles. The molecule has 6 heteroatoms. The standard InChI is InChI=1S/C14H20N2O4/c1-2-3-12(14(19)20)16-13(18)11(15)8-9-4-6-10(17)7-5-9/h4-7,11-12,17H,2-3,8,15H2,1H3,(H,16,18)(H,19,20)/t11-,12?/m0/s1. The molecule has 1 unspecified atom stereocenters. The van der Waals surface area contributed by atoms with Crippen LogP contribution in [-0.2, 0) is 16.0 Å². The molecule has 1 aromatic carbocycles. The number of phenols is 1. The van der Waals surface area contributed by atoms with E-state index in [1.165, 1.54) is 12.1 Å². The lowest BCUT2D eigenvalue weighted by atomic mass is 10.0. The van der Waals surface area contributed by atoms with Crippen LogP contribution in [0.25, 0.3) is 0 Å². The van der Waals surface area contributed by atoms with Gasteiger partial charge in [-0.2, -0.15) is 0 Å². The number of carboxylic acid groups (broad SMARTS) is 1. The number of hydrogen-bond donors (Lipinski definition) is 4. The molecule has 5 N–H and O–H groups in total. The number of carboxylic acids is 1. The zero-order chi connectivity index (χ0) is 15.1. The lowest BCUT2D eigenvalue weighted by Crippen LogP contribution is -2.49. The maximum atomic E-state index is 11.9. The molecule has 0 saturated heterocycles. The highest BCUT2D eigenvalue weighted by Crippen LogP contribution is 2.11. The molecule has 0 fully saturated rings. The van der Waals surface area contributed by atoms with Crippen LogP contribution in [0.1, 0.15) is 25.3 Å². The molecular formula is C14H20N2O4. The van der Waals surface area contributed by atoms with E-state index in [1.54, 1.807) is 12.1 Å². The predicted molar refractivity (Wildman–Crippen MR) is 74.3 cm³/mol. The van der Waals surface area contributed by atoms with Crippen molar-refractivity contribution < 1.29 is 19.8 Å². The largest absolute Gasteiger partial charge is 0.508 e. The zero-order valence-electron chi connectivity index (χ0n) is 11.4. The molecule has 1 rings (SSSR count). The van der Waals surface area contributed by atoms with Crippen molar-refractivity contribution in [1.82, 2.24) is 5.32 Å². The fourth-order valence-corrected chi connectivity index (χ4v) is 1.80. The second-order valence-electron chi connectivity index (χ2n) is 4.67. The Hall–Kier alpha value is -2.08. The number of benzene rings is 1. The number of aromatic hydroxyl groups is 1.